The molecule has 1 saturated heterocycles. The quantitative estimate of drug-likeness (QED) is 0.856. The number of likely N-dealkylation sites (tertiary alicyclic amines) is 1. The number of aromatic amines is 1. The second-order valence-corrected chi connectivity index (χ2v) is 8.23. The minimum atomic E-state index is -4.15. The van der Waals surface area contributed by atoms with E-state index in [-0.39, 0.29) is 11.7 Å². The second kappa shape index (κ2) is 7.39. The molecular weight excluding hydrogens is 377 g/mol. The molecule has 0 bridgehead atoms. The van der Waals surface area contributed by atoms with Crippen LogP contribution in [0.3, 0.4) is 0 Å². The topological polar surface area (TPSA) is 45.3 Å². The summed E-state index contributed by atoms with van der Waals surface area (Å²) in [6.45, 7) is -0.0807. The molecule has 0 unspecified atom stereocenters. The van der Waals surface area contributed by atoms with Gasteiger partial charge in [-0.15, -0.1) is 0 Å². The van der Waals surface area contributed by atoms with Crippen LogP contribution in [-0.4, -0.2) is 47.6 Å². The highest BCUT2D eigenvalue weighted by atomic mass is 32.2. The molecule has 0 spiro atoms. The number of piperidine rings is 1. The number of hydrogen-bond donors (Lipinski definition) is 1. The van der Waals surface area contributed by atoms with Crippen molar-refractivity contribution in [1.29, 1.82) is 0 Å². The molecule has 2 aliphatic heterocycles. The number of rotatable bonds is 3. The second-order valence-electron chi connectivity index (χ2n) is 7.13. The fourth-order valence-corrected chi connectivity index (χ4v) is 4.87. The smallest absolute Gasteiger partial charge is 0.401 e. The summed E-state index contributed by atoms with van der Waals surface area (Å²) in [7, 11) is 0. The van der Waals surface area contributed by atoms with Gasteiger partial charge >= 0.3 is 6.18 Å². The van der Waals surface area contributed by atoms with E-state index < -0.39 is 12.7 Å². The number of thioether (sulfide) groups is 1. The summed E-state index contributed by atoms with van der Waals surface area (Å²) in [6.07, 6.45) is -2.22. The molecule has 27 heavy (non-hydrogen) atoms. The molecule has 0 atom stereocenters. The first-order valence-corrected chi connectivity index (χ1v) is 10.3. The molecule has 1 fully saturated rings. The van der Waals surface area contributed by atoms with Crippen LogP contribution in [0.1, 0.15) is 24.0 Å². The Labute approximate surface area is 159 Å². The lowest BCUT2D eigenvalue weighted by molar-refractivity contribution is -0.149. The van der Waals surface area contributed by atoms with E-state index >= 15 is 0 Å². The molecule has 2 aliphatic rings. The van der Waals surface area contributed by atoms with Crippen molar-refractivity contribution in [3.8, 4) is 5.75 Å². The van der Waals surface area contributed by atoms with Gasteiger partial charge in [0.1, 0.15) is 11.9 Å². The highest BCUT2D eigenvalue weighted by molar-refractivity contribution is 7.98. The van der Waals surface area contributed by atoms with Gasteiger partial charge in [0.2, 0.25) is 0 Å². The molecule has 2 aromatic rings. The first-order valence-electron chi connectivity index (χ1n) is 9.10. The highest BCUT2D eigenvalue weighted by Gasteiger charge is 2.32. The molecule has 3 heterocycles. The molecule has 0 saturated carbocycles. The van der Waals surface area contributed by atoms with E-state index in [9.17, 15) is 18.0 Å². The molecular formula is C19H21F3N2O2S. The van der Waals surface area contributed by atoms with Crippen LogP contribution in [-0.2, 0) is 12.2 Å². The van der Waals surface area contributed by atoms with Gasteiger partial charge in [-0.25, -0.2) is 0 Å². The first-order chi connectivity index (χ1) is 12.9. The SMILES string of the molecule is O=c1[nH]c2ccc(OC3CCN(CC(F)(F)F)CC3)cc2c2c1CSCC2. The van der Waals surface area contributed by atoms with E-state index in [4.69, 9.17) is 4.74 Å². The maximum absolute atomic E-state index is 12.5. The lowest BCUT2D eigenvalue weighted by atomic mass is 10.0. The third-order valence-corrected chi connectivity index (χ3v) is 6.17. The predicted molar refractivity (Wildman–Crippen MR) is 101 cm³/mol. The molecule has 0 radical (unpaired) electrons. The number of halogens is 3. The van der Waals surface area contributed by atoms with Crippen molar-refractivity contribution in [2.75, 3.05) is 25.4 Å². The van der Waals surface area contributed by atoms with Crippen molar-refractivity contribution in [3.63, 3.8) is 0 Å². The summed E-state index contributed by atoms with van der Waals surface area (Å²) in [5.41, 5.74) is 2.72. The number of aryl methyl sites for hydroxylation is 1. The van der Waals surface area contributed by atoms with Crippen LogP contribution in [0.25, 0.3) is 10.9 Å². The van der Waals surface area contributed by atoms with E-state index in [1.165, 1.54) is 4.90 Å². The van der Waals surface area contributed by atoms with E-state index in [1.54, 1.807) is 11.8 Å². The molecule has 4 rings (SSSR count). The van der Waals surface area contributed by atoms with Gasteiger partial charge in [0.05, 0.1) is 6.54 Å². The van der Waals surface area contributed by atoms with E-state index in [0.717, 1.165) is 40.0 Å². The van der Waals surface area contributed by atoms with Crippen molar-refractivity contribution in [2.24, 2.45) is 0 Å². The van der Waals surface area contributed by atoms with Gasteiger partial charge in [-0.05, 0) is 48.8 Å². The van der Waals surface area contributed by atoms with Crippen LogP contribution < -0.4 is 10.3 Å². The standard InChI is InChI=1S/C19H21F3N2O2S/c20-19(21,22)11-24-6-3-12(4-7-24)26-13-1-2-17-15(9-13)14-5-8-27-10-16(14)18(25)23-17/h1-2,9,12H,3-8,10-11H2,(H,23,25). The number of pyridine rings is 1. The van der Waals surface area contributed by atoms with Gasteiger partial charge in [-0.3, -0.25) is 9.69 Å². The Kier molecular flexibility index (Phi) is 5.11. The largest absolute Gasteiger partial charge is 0.490 e. The number of H-pyrrole nitrogens is 1. The van der Waals surface area contributed by atoms with Crippen molar-refractivity contribution in [2.45, 2.75) is 37.3 Å². The zero-order valence-corrected chi connectivity index (χ0v) is 15.6. The van der Waals surface area contributed by atoms with Crippen LogP contribution >= 0.6 is 11.8 Å². The maximum atomic E-state index is 12.5. The Morgan fingerprint density at radius 1 is 1.22 bits per heavy atom. The minimum Gasteiger partial charge on any atom is -0.490 e. The lowest BCUT2D eigenvalue weighted by Gasteiger charge is -2.32. The summed E-state index contributed by atoms with van der Waals surface area (Å²) in [6, 6.07) is 5.64. The average Bonchev–Trinajstić information content (AvgIpc) is 2.63. The number of nitrogens with zero attached hydrogens (tertiary/aromatic N) is 1. The van der Waals surface area contributed by atoms with Gasteiger partial charge in [0.15, 0.2) is 0 Å². The van der Waals surface area contributed by atoms with Crippen molar-refractivity contribution >= 4 is 22.7 Å². The third-order valence-electron chi connectivity index (χ3n) is 5.19. The number of alkyl halides is 3. The van der Waals surface area contributed by atoms with Gasteiger partial charge in [0.25, 0.3) is 5.56 Å². The molecule has 0 aliphatic carbocycles. The number of nitrogens with one attached hydrogen (secondary N) is 1. The van der Waals surface area contributed by atoms with Crippen molar-refractivity contribution in [3.05, 3.63) is 39.7 Å². The molecule has 4 nitrogen and oxygen atoms in total. The van der Waals surface area contributed by atoms with Crippen LogP contribution in [0.15, 0.2) is 23.0 Å². The van der Waals surface area contributed by atoms with Gasteiger partial charge in [-0.1, -0.05) is 0 Å². The number of fused-ring (bicyclic) bond motifs is 3. The Hall–Kier alpha value is -1.67. The normalized spacial score (nSPS) is 19.2. The first kappa shape index (κ1) is 18.7. The van der Waals surface area contributed by atoms with Gasteiger partial charge in [0, 0.05) is 35.3 Å². The molecule has 146 valence electrons. The van der Waals surface area contributed by atoms with Crippen LogP contribution in [0.2, 0.25) is 0 Å². The lowest BCUT2D eigenvalue weighted by Crippen LogP contribution is -2.42. The van der Waals surface area contributed by atoms with E-state index in [0.29, 0.717) is 31.7 Å². The Balaban J connectivity index is 1.49. The van der Waals surface area contributed by atoms with Crippen LogP contribution in [0.5, 0.6) is 5.75 Å². The zero-order chi connectivity index (χ0) is 19.0. The Morgan fingerprint density at radius 3 is 2.74 bits per heavy atom. The summed E-state index contributed by atoms with van der Waals surface area (Å²) in [5, 5.41) is 1.01. The summed E-state index contributed by atoms with van der Waals surface area (Å²) < 4.78 is 43.6. The number of hydrogen-bond acceptors (Lipinski definition) is 4. The third kappa shape index (κ3) is 4.27. The van der Waals surface area contributed by atoms with Gasteiger partial charge in [-0.2, -0.15) is 24.9 Å². The number of benzene rings is 1. The maximum Gasteiger partial charge on any atom is 0.401 e. The Bertz CT molecular complexity index is 889. The number of ether oxygens (including phenoxy) is 1. The molecule has 1 aromatic carbocycles. The fraction of sp³-hybridized carbons (Fsp3) is 0.526. The summed E-state index contributed by atoms with van der Waals surface area (Å²) in [5.74, 6) is 2.43. The molecule has 1 aromatic heterocycles. The van der Waals surface area contributed by atoms with Crippen molar-refractivity contribution in [1.82, 2.24) is 9.88 Å². The molecule has 1 N–H and O–H groups in total. The molecule has 8 heteroatoms. The fourth-order valence-electron chi connectivity index (χ4n) is 3.87. The van der Waals surface area contributed by atoms with Crippen LogP contribution in [0, 0.1) is 0 Å². The van der Waals surface area contributed by atoms with Gasteiger partial charge < -0.3 is 9.72 Å². The summed E-state index contributed by atoms with van der Waals surface area (Å²) >= 11 is 1.76. The van der Waals surface area contributed by atoms with Crippen molar-refractivity contribution < 1.29 is 17.9 Å². The average molecular weight is 398 g/mol. The predicted octanol–water partition coefficient (Wildman–Crippen LogP) is 3.72. The van der Waals surface area contributed by atoms with Crippen LogP contribution in [0.4, 0.5) is 13.2 Å². The number of aromatic nitrogens is 1. The molecule has 0 amide bonds. The Morgan fingerprint density at radius 2 is 2.00 bits per heavy atom. The van der Waals surface area contributed by atoms with E-state index in [1.807, 2.05) is 18.2 Å². The minimum absolute atomic E-state index is 0.0181. The summed E-state index contributed by atoms with van der Waals surface area (Å²) in [4.78, 5) is 16.6. The zero-order valence-electron chi connectivity index (χ0n) is 14.8. The highest BCUT2D eigenvalue weighted by Crippen LogP contribution is 2.31. The monoisotopic (exact) mass is 398 g/mol. The van der Waals surface area contributed by atoms with E-state index in [2.05, 4.69) is 4.98 Å².